The van der Waals surface area contributed by atoms with Gasteiger partial charge in [-0.25, -0.2) is 0 Å². The van der Waals surface area contributed by atoms with Crippen molar-refractivity contribution in [2.24, 2.45) is 0 Å². The van der Waals surface area contributed by atoms with Gasteiger partial charge in [0, 0.05) is 26.0 Å². The van der Waals surface area contributed by atoms with Gasteiger partial charge in [0.15, 0.2) is 0 Å². The first-order valence-electron chi connectivity index (χ1n) is 6.26. The lowest BCUT2D eigenvalue weighted by Gasteiger charge is -2.08. The van der Waals surface area contributed by atoms with E-state index in [1.807, 2.05) is 0 Å². The van der Waals surface area contributed by atoms with Crippen LogP contribution in [-0.4, -0.2) is 29.7 Å². The molecular formula is C12H18BrN3O3. The van der Waals surface area contributed by atoms with Gasteiger partial charge in [0.05, 0.1) is 9.40 Å². The molecule has 0 saturated carbocycles. The normalized spacial score (nSPS) is 10.4. The minimum Gasteiger partial charge on any atom is -0.381 e. The number of pyridine rings is 1. The molecule has 0 aliphatic carbocycles. The Labute approximate surface area is 120 Å². The molecule has 19 heavy (non-hydrogen) atoms. The van der Waals surface area contributed by atoms with Crippen LogP contribution < -0.4 is 5.32 Å². The Morgan fingerprint density at radius 1 is 1.42 bits per heavy atom. The number of anilines is 1. The molecule has 0 aliphatic heterocycles. The third-order valence-corrected chi connectivity index (χ3v) is 3.09. The van der Waals surface area contributed by atoms with Gasteiger partial charge < -0.3 is 10.1 Å². The van der Waals surface area contributed by atoms with Crippen LogP contribution in [0.25, 0.3) is 0 Å². The van der Waals surface area contributed by atoms with Gasteiger partial charge in [-0.05, 0) is 28.8 Å². The number of nitrogens with zero attached hydrogens (tertiary/aromatic N) is 2. The minimum atomic E-state index is -0.447. The van der Waals surface area contributed by atoms with Crippen LogP contribution in [0, 0.1) is 10.1 Å². The number of nitrogens with one attached hydrogen (secondary N) is 1. The molecule has 0 aliphatic rings. The molecule has 0 amide bonds. The largest absolute Gasteiger partial charge is 0.381 e. The summed E-state index contributed by atoms with van der Waals surface area (Å²) in [7, 11) is 0. The highest BCUT2D eigenvalue weighted by atomic mass is 79.9. The van der Waals surface area contributed by atoms with Crippen LogP contribution >= 0.6 is 15.9 Å². The number of unbranched alkanes of at least 4 members (excludes halogenated alkanes) is 1. The molecular weight excluding hydrogens is 314 g/mol. The van der Waals surface area contributed by atoms with Gasteiger partial charge in [-0.15, -0.1) is 0 Å². The maximum Gasteiger partial charge on any atom is 0.311 e. The molecule has 0 atom stereocenters. The minimum absolute atomic E-state index is 0.0266. The van der Waals surface area contributed by atoms with Gasteiger partial charge in [-0.3, -0.25) is 15.1 Å². The van der Waals surface area contributed by atoms with E-state index in [2.05, 4.69) is 33.2 Å². The van der Waals surface area contributed by atoms with E-state index in [9.17, 15) is 10.1 Å². The zero-order valence-electron chi connectivity index (χ0n) is 10.9. The van der Waals surface area contributed by atoms with Crippen LogP contribution in [0.5, 0.6) is 0 Å². The molecule has 0 bridgehead atoms. The number of rotatable bonds is 9. The van der Waals surface area contributed by atoms with E-state index in [1.54, 1.807) is 0 Å². The van der Waals surface area contributed by atoms with Crippen LogP contribution in [-0.2, 0) is 4.74 Å². The van der Waals surface area contributed by atoms with E-state index in [0.29, 0.717) is 23.3 Å². The molecule has 1 aromatic rings. The van der Waals surface area contributed by atoms with Crippen molar-refractivity contribution in [2.75, 3.05) is 25.1 Å². The summed E-state index contributed by atoms with van der Waals surface area (Å²) in [4.78, 5) is 14.2. The van der Waals surface area contributed by atoms with Crippen LogP contribution in [0.3, 0.4) is 0 Å². The third kappa shape index (κ3) is 5.52. The third-order valence-electron chi connectivity index (χ3n) is 2.49. The molecule has 0 radical (unpaired) electrons. The summed E-state index contributed by atoms with van der Waals surface area (Å²) in [6, 6.07) is 0. The van der Waals surface area contributed by atoms with Gasteiger partial charge in [-0.1, -0.05) is 13.3 Å². The molecule has 0 unspecified atom stereocenters. The summed E-state index contributed by atoms with van der Waals surface area (Å²) in [6.45, 7) is 4.17. The molecule has 0 fully saturated rings. The number of aromatic nitrogens is 1. The summed E-state index contributed by atoms with van der Waals surface area (Å²) >= 11 is 3.26. The smallest absolute Gasteiger partial charge is 0.311 e. The Morgan fingerprint density at radius 3 is 2.84 bits per heavy atom. The lowest BCUT2D eigenvalue weighted by atomic mass is 10.3. The number of ether oxygens (including phenoxy) is 1. The SMILES string of the molecule is CCCCOCCCNc1c(Br)cncc1[N+](=O)[O-]. The first-order chi connectivity index (χ1) is 9.16. The summed E-state index contributed by atoms with van der Waals surface area (Å²) in [5.74, 6) is 0. The molecule has 1 N–H and O–H groups in total. The second-order valence-corrected chi connectivity index (χ2v) is 4.87. The molecule has 1 heterocycles. The standard InChI is InChI=1S/C12H18BrN3O3/c1-2-3-6-19-7-4-5-15-12-10(13)8-14-9-11(12)16(17)18/h8-9H,2-7H2,1H3,(H,14,15). The first-order valence-corrected chi connectivity index (χ1v) is 7.05. The highest BCUT2D eigenvalue weighted by Crippen LogP contribution is 2.30. The fourth-order valence-corrected chi connectivity index (χ4v) is 1.94. The Morgan fingerprint density at radius 2 is 2.16 bits per heavy atom. The average molecular weight is 332 g/mol. The fraction of sp³-hybridized carbons (Fsp3) is 0.583. The Kier molecular flexibility index (Phi) is 7.35. The van der Waals surface area contributed by atoms with Crippen molar-refractivity contribution in [3.63, 3.8) is 0 Å². The van der Waals surface area contributed by atoms with Crippen LogP contribution in [0.1, 0.15) is 26.2 Å². The number of hydrogen-bond acceptors (Lipinski definition) is 5. The van der Waals surface area contributed by atoms with E-state index in [0.717, 1.165) is 25.9 Å². The van der Waals surface area contributed by atoms with E-state index in [4.69, 9.17) is 4.74 Å². The summed E-state index contributed by atoms with van der Waals surface area (Å²) in [5, 5.41) is 13.9. The van der Waals surface area contributed by atoms with Gasteiger partial charge in [0.2, 0.25) is 0 Å². The first kappa shape index (κ1) is 15.8. The fourth-order valence-electron chi connectivity index (χ4n) is 1.47. The van der Waals surface area contributed by atoms with Gasteiger partial charge in [0.1, 0.15) is 11.9 Å². The lowest BCUT2D eigenvalue weighted by Crippen LogP contribution is -2.08. The number of nitro groups is 1. The van der Waals surface area contributed by atoms with Crippen molar-refractivity contribution >= 4 is 27.3 Å². The number of hydrogen-bond donors (Lipinski definition) is 1. The van der Waals surface area contributed by atoms with Crippen molar-refractivity contribution in [3.05, 3.63) is 27.0 Å². The van der Waals surface area contributed by atoms with Crippen molar-refractivity contribution in [1.82, 2.24) is 4.98 Å². The van der Waals surface area contributed by atoms with E-state index in [1.165, 1.54) is 12.4 Å². The average Bonchev–Trinajstić information content (AvgIpc) is 2.39. The van der Waals surface area contributed by atoms with Crippen LogP contribution in [0.2, 0.25) is 0 Å². The summed E-state index contributed by atoms with van der Waals surface area (Å²) in [5.41, 5.74) is 0.440. The maximum atomic E-state index is 10.9. The summed E-state index contributed by atoms with van der Waals surface area (Å²) in [6.07, 6.45) is 5.76. The van der Waals surface area contributed by atoms with E-state index < -0.39 is 4.92 Å². The Bertz CT molecular complexity index is 415. The quantitative estimate of drug-likeness (QED) is 0.426. The molecule has 7 heteroatoms. The van der Waals surface area contributed by atoms with E-state index in [-0.39, 0.29) is 5.69 Å². The lowest BCUT2D eigenvalue weighted by molar-refractivity contribution is -0.384. The summed E-state index contributed by atoms with van der Waals surface area (Å²) < 4.78 is 6.01. The molecule has 0 aromatic carbocycles. The zero-order chi connectivity index (χ0) is 14.1. The van der Waals surface area contributed by atoms with E-state index >= 15 is 0 Å². The Balaban J connectivity index is 2.38. The topological polar surface area (TPSA) is 77.3 Å². The number of halogens is 1. The second kappa shape index (κ2) is 8.82. The highest BCUT2D eigenvalue weighted by Gasteiger charge is 2.16. The van der Waals surface area contributed by atoms with Gasteiger partial charge in [0.25, 0.3) is 0 Å². The predicted molar refractivity (Wildman–Crippen MR) is 77.4 cm³/mol. The van der Waals surface area contributed by atoms with Crippen molar-refractivity contribution in [3.8, 4) is 0 Å². The zero-order valence-corrected chi connectivity index (χ0v) is 12.5. The Hall–Kier alpha value is -1.21. The molecule has 0 spiro atoms. The van der Waals surface area contributed by atoms with Crippen LogP contribution in [0.4, 0.5) is 11.4 Å². The molecule has 0 saturated heterocycles. The van der Waals surface area contributed by atoms with Crippen LogP contribution in [0.15, 0.2) is 16.9 Å². The predicted octanol–water partition coefficient (Wildman–Crippen LogP) is 3.37. The van der Waals surface area contributed by atoms with Gasteiger partial charge in [-0.2, -0.15) is 0 Å². The second-order valence-electron chi connectivity index (χ2n) is 4.02. The van der Waals surface area contributed by atoms with Crippen molar-refractivity contribution in [2.45, 2.75) is 26.2 Å². The highest BCUT2D eigenvalue weighted by molar-refractivity contribution is 9.10. The molecule has 1 aromatic heterocycles. The van der Waals surface area contributed by atoms with Gasteiger partial charge >= 0.3 is 5.69 Å². The molecule has 6 nitrogen and oxygen atoms in total. The van der Waals surface area contributed by atoms with Crippen molar-refractivity contribution < 1.29 is 9.66 Å². The van der Waals surface area contributed by atoms with Crippen molar-refractivity contribution in [1.29, 1.82) is 0 Å². The molecule has 1 rings (SSSR count). The monoisotopic (exact) mass is 331 g/mol. The maximum absolute atomic E-state index is 10.9. The molecule has 106 valence electrons.